The number of hydrogen-bond donors (Lipinski definition) is 2. The van der Waals surface area contributed by atoms with Crippen LogP contribution in [0.25, 0.3) is 0 Å². The Hall–Kier alpha value is -1.81. The molecule has 0 bridgehead atoms. The van der Waals surface area contributed by atoms with Gasteiger partial charge in [0.15, 0.2) is 0 Å². The highest BCUT2D eigenvalue weighted by Crippen LogP contribution is 2.17. The van der Waals surface area contributed by atoms with Gasteiger partial charge in [-0.05, 0) is 19.1 Å². The molecule has 0 aliphatic heterocycles. The minimum Gasteiger partial charge on any atom is -0.489 e. The molecule has 0 saturated heterocycles. The molecule has 1 aromatic carbocycles. The van der Waals surface area contributed by atoms with Crippen LogP contribution in [-0.2, 0) is 4.79 Å². The third kappa shape index (κ3) is 3.74. The van der Waals surface area contributed by atoms with Crippen LogP contribution >= 0.6 is 0 Å². The van der Waals surface area contributed by atoms with Crippen LogP contribution < -0.4 is 15.8 Å². The number of hydrogen-bond acceptors (Lipinski definition) is 3. The van der Waals surface area contributed by atoms with Gasteiger partial charge in [0, 0.05) is 11.8 Å². The van der Waals surface area contributed by atoms with Crippen LogP contribution in [0, 0.1) is 0 Å². The van der Waals surface area contributed by atoms with Gasteiger partial charge in [-0.3, -0.25) is 4.79 Å². The number of carbonyl (C=O) groups excluding carboxylic acids is 1. The van der Waals surface area contributed by atoms with Crippen molar-refractivity contribution in [1.29, 1.82) is 0 Å². The normalized spacial score (nSPS) is 11.6. The van der Waals surface area contributed by atoms with E-state index in [4.69, 9.17) is 10.5 Å². The second-order valence-corrected chi connectivity index (χ2v) is 3.41. The summed E-state index contributed by atoms with van der Waals surface area (Å²) in [6, 6.07) is 6.60. The number of carbonyl (C=O) groups is 1. The highest BCUT2D eigenvalue weighted by atomic mass is 16.5. The van der Waals surface area contributed by atoms with Crippen molar-refractivity contribution in [2.45, 2.75) is 13.0 Å². The zero-order valence-corrected chi connectivity index (χ0v) is 9.27. The van der Waals surface area contributed by atoms with Gasteiger partial charge in [-0.15, -0.1) is 0 Å². The van der Waals surface area contributed by atoms with Crippen LogP contribution in [0.4, 0.5) is 5.69 Å². The zero-order chi connectivity index (χ0) is 12.0. The Morgan fingerprint density at radius 1 is 1.69 bits per heavy atom. The Bertz CT molecular complexity index is 375. The molecule has 0 heterocycles. The van der Waals surface area contributed by atoms with E-state index in [1.165, 1.54) is 0 Å². The van der Waals surface area contributed by atoms with Gasteiger partial charge in [-0.25, -0.2) is 0 Å². The molecule has 0 saturated carbocycles. The van der Waals surface area contributed by atoms with Gasteiger partial charge >= 0.3 is 0 Å². The van der Waals surface area contributed by atoms with Crippen molar-refractivity contribution in [3.8, 4) is 5.75 Å². The number of anilines is 1. The predicted octanol–water partition coefficient (Wildman–Crippen LogP) is 1.54. The van der Waals surface area contributed by atoms with Crippen LogP contribution in [0.5, 0.6) is 5.75 Å². The molecule has 3 N–H and O–H groups in total. The fourth-order valence-corrected chi connectivity index (χ4v) is 1.07. The van der Waals surface area contributed by atoms with Gasteiger partial charge in [-0.1, -0.05) is 18.7 Å². The van der Waals surface area contributed by atoms with E-state index in [0.717, 1.165) is 0 Å². The minimum absolute atomic E-state index is 0.221. The maximum atomic E-state index is 11.3. The van der Waals surface area contributed by atoms with E-state index in [1.54, 1.807) is 31.2 Å². The van der Waals surface area contributed by atoms with E-state index in [1.807, 2.05) is 6.07 Å². The maximum absolute atomic E-state index is 11.3. The molecule has 0 aliphatic carbocycles. The third-order valence-electron chi connectivity index (χ3n) is 1.88. The largest absolute Gasteiger partial charge is 0.489 e. The van der Waals surface area contributed by atoms with Crippen LogP contribution in [-0.4, -0.2) is 18.6 Å². The summed E-state index contributed by atoms with van der Waals surface area (Å²) in [6.07, 6.45) is 1.66. The Balaban J connectivity index is 2.66. The average molecular weight is 220 g/mol. The molecule has 0 radical (unpaired) electrons. The number of nitrogens with two attached hydrogens (primary N) is 1. The van der Waals surface area contributed by atoms with E-state index in [0.29, 0.717) is 18.0 Å². The lowest BCUT2D eigenvalue weighted by atomic mass is 10.2. The van der Waals surface area contributed by atoms with Crippen LogP contribution in [0.2, 0.25) is 0 Å². The quantitative estimate of drug-likeness (QED) is 0.740. The third-order valence-corrected chi connectivity index (χ3v) is 1.88. The summed E-state index contributed by atoms with van der Waals surface area (Å²) in [7, 11) is 0. The first kappa shape index (κ1) is 12.3. The highest BCUT2D eigenvalue weighted by Gasteiger charge is 2.07. The Morgan fingerprint density at radius 3 is 3.06 bits per heavy atom. The molecule has 1 rings (SSSR count). The monoisotopic (exact) mass is 220 g/mol. The first-order chi connectivity index (χ1) is 7.63. The molecule has 16 heavy (non-hydrogen) atoms. The zero-order valence-electron chi connectivity index (χ0n) is 9.27. The molecule has 86 valence electrons. The van der Waals surface area contributed by atoms with Crippen molar-refractivity contribution in [3.05, 3.63) is 36.9 Å². The standard InChI is InChI=1S/C12H16N2O2/c1-3-7-16-11-6-4-5-10(8-11)14-12(15)9(2)13/h3-6,8-9H,1,7,13H2,2H3,(H,14,15)/t9-/m1/s1. The molecule has 1 atom stereocenters. The smallest absolute Gasteiger partial charge is 0.241 e. The van der Waals surface area contributed by atoms with E-state index < -0.39 is 6.04 Å². The molecule has 0 aromatic heterocycles. The first-order valence-corrected chi connectivity index (χ1v) is 5.03. The van der Waals surface area contributed by atoms with Gasteiger partial charge in [0.05, 0.1) is 6.04 Å². The van der Waals surface area contributed by atoms with Crippen molar-refractivity contribution in [2.75, 3.05) is 11.9 Å². The molecular weight excluding hydrogens is 204 g/mol. The second-order valence-electron chi connectivity index (χ2n) is 3.41. The fraction of sp³-hybridized carbons (Fsp3) is 0.250. The van der Waals surface area contributed by atoms with E-state index in [-0.39, 0.29) is 5.91 Å². The molecule has 0 fully saturated rings. The molecule has 0 unspecified atom stereocenters. The van der Waals surface area contributed by atoms with E-state index in [9.17, 15) is 4.79 Å². The molecule has 1 amide bonds. The number of amides is 1. The molecule has 1 aromatic rings. The van der Waals surface area contributed by atoms with Gasteiger partial charge in [-0.2, -0.15) is 0 Å². The van der Waals surface area contributed by atoms with Crippen LogP contribution in [0.3, 0.4) is 0 Å². The average Bonchev–Trinajstić information content (AvgIpc) is 2.26. The number of rotatable bonds is 5. The lowest BCUT2D eigenvalue weighted by Gasteiger charge is -2.09. The predicted molar refractivity (Wildman–Crippen MR) is 64.4 cm³/mol. The van der Waals surface area contributed by atoms with Crippen molar-refractivity contribution < 1.29 is 9.53 Å². The minimum atomic E-state index is -0.530. The lowest BCUT2D eigenvalue weighted by molar-refractivity contribution is -0.117. The SMILES string of the molecule is C=CCOc1cccc(NC(=O)[C@@H](C)N)c1. The van der Waals surface area contributed by atoms with Gasteiger partial charge < -0.3 is 15.8 Å². The van der Waals surface area contributed by atoms with Crippen molar-refractivity contribution in [1.82, 2.24) is 0 Å². The molecule has 0 spiro atoms. The number of benzene rings is 1. The molecule has 4 nitrogen and oxygen atoms in total. The Kier molecular flexibility index (Phi) is 4.54. The summed E-state index contributed by atoms with van der Waals surface area (Å²) in [5.41, 5.74) is 6.12. The molecule has 4 heteroatoms. The van der Waals surface area contributed by atoms with Crippen molar-refractivity contribution in [3.63, 3.8) is 0 Å². The summed E-state index contributed by atoms with van der Waals surface area (Å²) in [5, 5.41) is 2.69. The number of ether oxygens (including phenoxy) is 1. The summed E-state index contributed by atoms with van der Waals surface area (Å²) in [6.45, 7) is 5.63. The summed E-state index contributed by atoms with van der Waals surface area (Å²) in [5.74, 6) is 0.461. The Labute approximate surface area is 95.1 Å². The summed E-state index contributed by atoms with van der Waals surface area (Å²) >= 11 is 0. The number of nitrogens with one attached hydrogen (secondary N) is 1. The summed E-state index contributed by atoms with van der Waals surface area (Å²) in [4.78, 5) is 11.3. The van der Waals surface area contributed by atoms with Gasteiger partial charge in [0.2, 0.25) is 5.91 Å². The summed E-state index contributed by atoms with van der Waals surface area (Å²) < 4.78 is 5.34. The van der Waals surface area contributed by atoms with Crippen molar-refractivity contribution in [2.24, 2.45) is 5.73 Å². The van der Waals surface area contributed by atoms with Crippen molar-refractivity contribution >= 4 is 11.6 Å². The van der Waals surface area contributed by atoms with Gasteiger partial charge in [0.25, 0.3) is 0 Å². The van der Waals surface area contributed by atoms with E-state index in [2.05, 4.69) is 11.9 Å². The van der Waals surface area contributed by atoms with Gasteiger partial charge in [0.1, 0.15) is 12.4 Å². The molecular formula is C12H16N2O2. The highest BCUT2D eigenvalue weighted by molar-refractivity contribution is 5.94. The first-order valence-electron chi connectivity index (χ1n) is 5.03. The van der Waals surface area contributed by atoms with Crippen LogP contribution in [0.1, 0.15) is 6.92 Å². The lowest BCUT2D eigenvalue weighted by Crippen LogP contribution is -2.32. The topological polar surface area (TPSA) is 64.3 Å². The Morgan fingerprint density at radius 2 is 2.44 bits per heavy atom. The van der Waals surface area contributed by atoms with Crippen LogP contribution in [0.15, 0.2) is 36.9 Å². The maximum Gasteiger partial charge on any atom is 0.241 e. The fourth-order valence-electron chi connectivity index (χ4n) is 1.07. The van der Waals surface area contributed by atoms with E-state index >= 15 is 0 Å². The second kappa shape index (κ2) is 5.92. The molecule has 0 aliphatic rings.